The van der Waals surface area contributed by atoms with Crippen molar-refractivity contribution in [3.8, 4) is 5.69 Å². The number of carbonyl (C=O) groups is 9. The number of thioether (sulfide) groups is 4. The van der Waals surface area contributed by atoms with Gasteiger partial charge in [0.15, 0.2) is 38.2 Å². The number of carbonyl (C=O) groups excluding carboxylic acids is 3. The summed E-state index contributed by atoms with van der Waals surface area (Å²) in [6.07, 6.45) is 4.42. The van der Waals surface area contributed by atoms with Crippen molar-refractivity contribution < 1.29 is 73.8 Å². The van der Waals surface area contributed by atoms with E-state index in [9.17, 15) is 43.2 Å². The summed E-state index contributed by atoms with van der Waals surface area (Å²) in [6.45, 7) is 2.76. The van der Waals surface area contributed by atoms with Gasteiger partial charge in [-0.2, -0.15) is 10.3 Å². The van der Waals surface area contributed by atoms with Gasteiger partial charge in [0, 0.05) is 31.5 Å². The molecule has 474 valence electrons. The summed E-state index contributed by atoms with van der Waals surface area (Å²) in [6, 6.07) is 9.18. The maximum Gasteiger partial charge on any atom is 0.353 e. The number of thiocarbonyl (C=S) groups is 1. The lowest BCUT2D eigenvalue weighted by atomic mass is 10.3. The number of imidazole rings is 1. The number of aryl methyl sites for hydroxylation is 1. The lowest BCUT2D eigenvalue weighted by Crippen LogP contribution is -2.33. The molecule has 11 rings (SSSR count). The van der Waals surface area contributed by atoms with Gasteiger partial charge in [-0.25, -0.2) is 33.8 Å². The molecule has 0 saturated carbocycles. The first kappa shape index (κ1) is 76.6. The van der Waals surface area contributed by atoms with E-state index < -0.39 is 41.9 Å². The van der Waals surface area contributed by atoms with Crippen LogP contribution < -0.4 is 16.0 Å². The quantitative estimate of drug-likeness (QED) is 0.0671. The van der Waals surface area contributed by atoms with Crippen LogP contribution in [0.3, 0.4) is 0 Å². The third-order valence-electron chi connectivity index (χ3n) is 8.68. The van der Waals surface area contributed by atoms with Gasteiger partial charge in [0.2, 0.25) is 10.7 Å². The number of tetrazole rings is 1. The van der Waals surface area contributed by atoms with Crippen LogP contribution in [0.15, 0.2) is 53.5 Å². The number of likely N-dealkylation sites (N-methyl/N-ethyl adjacent to an activating group) is 1. The molecule has 7 aromatic rings. The van der Waals surface area contributed by atoms with Gasteiger partial charge in [-0.3, -0.25) is 60.4 Å². The second-order valence-electron chi connectivity index (χ2n) is 15.3. The molecule has 2 unspecified atom stereocenters. The van der Waals surface area contributed by atoms with Crippen molar-refractivity contribution in [2.45, 2.75) is 35.5 Å². The van der Waals surface area contributed by atoms with Gasteiger partial charge < -0.3 is 45.8 Å². The predicted octanol–water partition coefficient (Wildman–Crippen LogP) is 4.28. The van der Waals surface area contributed by atoms with Crippen molar-refractivity contribution in [3.05, 3.63) is 87.9 Å². The zero-order chi connectivity index (χ0) is 65.7. The Morgan fingerprint density at radius 1 is 0.864 bits per heavy atom. The van der Waals surface area contributed by atoms with Crippen molar-refractivity contribution >= 4 is 205 Å². The lowest BCUT2D eigenvalue weighted by molar-refractivity contribution is -0.139. The van der Waals surface area contributed by atoms with Gasteiger partial charge in [-0.1, -0.05) is 86.3 Å². The Labute approximate surface area is 548 Å². The highest BCUT2D eigenvalue weighted by Crippen LogP contribution is 2.20. The van der Waals surface area contributed by atoms with E-state index >= 15 is 0 Å². The zero-order valence-electron chi connectivity index (χ0n) is 44.7. The number of carboxylic acid groups (broad SMARTS) is 6. The predicted molar refractivity (Wildman–Crippen MR) is 339 cm³/mol. The van der Waals surface area contributed by atoms with Gasteiger partial charge in [0.1, 0.15) is 30.3 Å². The minimum atomic E-state index is -0.984. The Kier molecular flexibility index (Phi) is 37.0. The fraction of sp³-hybridized carbons (Fsp3) is 0.293. The maximum atomic E-state index is 10.4. The third-order valence-corrected chi connectivity index (χ3v) is 16.8. The molecular weight excluding hydrogens is 1400 g/mol. The number of aromatic carboxylic acids is 2. The van der Waals surface area contributed by atoms with E-state index in [4.69, 9.17) is 84.9 Å². The van der Waals surface area contributed by atoms with Crippen LogP contribution in [0, 0.1) is 29.0 Å². The number of guanidine groups is 1. The normalized spacial score (nSPS) is 14.7. The number of para-hydroxylation sites is 1. The molecule has 35 nitrogen and oxygen atoms in total. The first-order valence-electron chi connectivity index (χ1n) is 23.2. The van der Waals surface area contributed by atoms with E-state index in [1.165, 1.54) is 65.0 Å². The summed E-state index contributed by atoms with van der Waals surface area (Å²) in [4.78, 5) is 103. The van der Waals surface area contributed by atoms with E-state index in [0.29, 0.717) is 47.2 Å². The lowest BCUT2D eigenvalue weighted by Gasteiger charge is -2.03. The van der Waals surface area contributed by atoms with Crippen LogP contribution in [0.4, 0.5) is 4.79 Å². The van der Waals surface area contributed by atoms with Crippen LogP contribution in [-0.4, -0.2) is 228 Å². The number of hydrogen-bond acceptors (Lipinski definition) is 31. The number of aliphatic carboxylic acids is 4. The van der Waals surface area contributed by atoms with E-state index in [-0.39, 0.29) is 56.8 Å². The maximum absolute atomic E-state index is 10.4. The fourth-order valence-corrected chi connectivity index (χ4v) is 11.4. The molecule has 0 aliphatic carbocycles. The number of nitrogens with one attached hydrogen (secondary N) is 10. The second kappa shape index (κ2) is 42.4. The summed E-state index contributed by atoms with van der Waals surface area (Å²) < 4.78 is 9.29. The highest BCUT2D eigenvalue weighted by Gasteiger charge is 2.27. The number of H-pyrrole nitrogens is 6. The van der Waals surface area contributed by atoms with Crippen molar-refractivity contribution in [2.24, 2.45) is 0 Å². The summed E-state index contributed by atoms with van der Waals surface area (Å²) in [5.41, 5.74) is 1.61. The molecule has 0 bridgehead atoms. The van der Waals surface area contributed by atoms with Crippen LogP contribution >= 0.6 is 142 Å². The number of carboxylic acids is 6. The van der Waals surface area contributed by atoms with Crippen molar-refractivity contribution in [1.29, 1.82) is 5.41 Å². The van der Waals surface area contributed by atoms with E-state index in [0.717, 1.165) is 61.2 Å². The third kappa shape index (κ3) is 33.6. The molecule has 10 heterocycles. The van der Waals surface area contributed by atoms with Crippen LogP contribution in [0.5, 0.6) is 0 Å². The van der Waals surface area contributed by atoms with E-state index in [1.54, 1.807) is 18.9 Å². The number of amides is 2. The minimum Gasteiger partial charge on any atom is -0.481 e. The average Bonchev–Trinajstić information content (AvgIpc) is 4.51. The number of nitrogens with zero attached hydrogens (tertiary/aromatic N) is 10. The van der Waals surface area contributed by atoms with Gasteiger partial charge in [-0.05, 0) is 79.5 Å². The molecule has 47 heteroatoms. The molecule has 2 atom stereocenters. The summed E-state index contributed by atoms with van der Waals surface area (Å²) in [5.74, 6) is -3.02. The fourth-order valence-electron chi connectivity index (χ4n) is 4.93. The SMILES string of the molecule is CN1CC(=O)NC1=N.Cc1nnsc1C(=O)O.O=C(O)C1NCCS1.O=C(O)CSc1n[nH]c(=S)s1.O=C(O)Cc1nn[nH]n1.O=C(O)c1cnc[nH]1.O=C1CSC(=S)C1.O=C1NC(C(=O)O)CS1.S=c1[nH]n(-c2ccccc2)c(=S)s1.S=c1nc[nH][nH]1. The average molecular weight is 1450 g/mol. The molecule has 6 aromatic heterocycles. The van der Waals surface area contributed by atoms with Crippen LogP contribution in [-0.2, 0) is 35.2 Å². The minimum absolute atomic E-state index is 0.0239. The molecular formula is C41H48N20O15S12. The topological polar surface area (TPSA) is 541 Å². The molecule has 88 heavy (non-hydrogen) atoms. The zero-order valence-corrected chi connectivity index (χ0v) is 54.5. The summed E-state index contributed by atoms with van der Waals surface area (Å²) >= 11 is 32.8. The van der Waals surface area contributed by atoms with Gasteiger partial charge in [0.25, 0.3) is 5.24 Å². The largest absolute Gasteiger partial charge is 0.481 e. The van der Waals surface area contributed by atoms with Crippen LogP contribution in [0.2, 0.25) is 0 Å². The summed E-state index contributed by atoms with van der Waals surface area (Å²) in [5, 5.41) is 93.7. The number of benzene rings is 1. The van der Waals surface area contributed by atoms with Crippen LogP contribution in [0.1, 0.15) is 38.1 Å². The first-order valence-corrected chi connectivity index (χ1v) is 31.6. The summed E-state index contributed by atoms with van der Waals surface area (Å²) in [7, 11) is 1.69. The second-order valence-corrected chi connectivity index (χ2v) is 25.7. The van der Waals surface area contributed by atoms with Gasteiger partial charge in [-0.15, -0.1) is 38.8 Å². The molecule has 1 aromatic carbocycles. The Bertz CT molecular complexity index is 3590. The van der Waals surface area contributed by atoms with Crippen molar-refractivity contribution in [1.82, 2.24) is 96.2 Å². The Balaban J connectivity index is 0.000000335. The first-order chi connectivity index (χ1) is 41.6. The van der Waals surface area contributed by atoms with Gasteiger partial charge in [0.05, 0.1) is 46.2 Å². The monoisotopic (exact) mass is 1440 g/mol. The number of hydrogen-bond donors (Lipinski definition) is 16. The number of aromatic nitrogens is 15. The number of ketones is 1. The number of rotatable bonds is 10. The Hall–Kier alpha value is -7.45. The highest BCUT2D eigenvalue weighted by molar-refractivity contribution is 8.24. The molecule has 2 amide bonds. The Morgan fingerprint density at radius 3 is 1.89 bits per heavy atom. The molecule has 0 radical (unpaired) electrons. The molecule has 4 aliphatic rings. The number of aromatic amines is 6. The molecule has 4 aliphatic heterocycles. The standard InChI is InChI=1S/C8H6N2S3.C4H7N3O.C4H4N2O2S3.C4H4N2O2S.C4H4N2O2.C4H5NO3S.C4H7NO2S.C4H4OS2.C3H4N4O2.C2H3N3S/c11-7-9-10(8(12)13-7)6-4-2-1-3-5-6;1-7-2-3(8)6-4(7)5;7-2(8)1-10-4-6-5-3(9)11-4;1-2-3(4(7)8)9-6-5-2;7-4(8)3-1-5-2-6-3;6-3(7)2-1-9-4(8)5-2;6-4(7)3-5-1-2-8-3;5-3-1-4(6)7-2-3;8-3(9)1-2-4-6-7-5-2;6-2-3-1-4-5-2/h1-5H,(H,9,11);2H2,1H3,(H2,5,6,8);1H2,(H,5,9)(H,7,8);1H3,(H,7,8);1-2H,(H,5,6)(H,7,8);2H,1H2,(H,5,8)(H,6,7);3,5H,1-2H2,(H,6,7);1-2H2;1H2,(H,8,9)(H,4,5,6,7);1H,(H2,3,4,5,6). The molecule has 4 fully saturated rings. The Morgan fingerprint density at radius 2 is 1.58 bits per heavy atom. The van der Waals surface area contributed by atoms with Crippen LogP contribution in [0.25, 0.3) is 5.69 Å². The smallest absolute Gasteiger partial charge is 0.353 e. The number of Topliss-reactive ketones (excluding diaryl/α,β-unsaturated/α-hetero) is 1. The van der Waals surface area contributed by atoms with Crippen molar-refractivity contribution in [3.63, 3.8) is 0 Å². The molecule has 16 N–H and O–H groups in total. The highest BCUT2D eigenvalue weighted by atomic mass is 32.2. The van der Waals surface area contributed by atoms with E-state index in [2.05, 4.69) is 98.8 Å². The van der Waals surface area contributed by atoms with Gasteiger partial charge >= 0.3 is 35.8 Å². The molecule has 0 spiro atoms. The van der Waals surface area contributed by atoms with Crippen molar-refractivity contribution in [2.75, 3.05) is 43.1 Å². The van der Waals surface area contributed by atoms with E-state index in [1.807, 2.05) is 35.0 Å². The molecule has 4 saturated heterocycles.